The Morgan fingerprint density at radius 3 is 2.16 bits per heavy atom. The maximum Gasteiger partial charge on any atom is 0.329 e. The molecule has 0 aliphatic heterocycles. The van der Waals surface area contributed by atoms with E-state index in [4.69, 9.17) is 4.74 Å². The highest BCUT2D eigenvalue weighted by atomic mass is 19.1. The molecule has 0 aromatic heterocycles. The number of nitrogens with one attached hydrogen (secondary N) is 3. The van der Waals surface area contributed by atoms with Crippen molar-refractivity contribution in [2.75, 3.05) is 17.2 Å². The molecule has 0 aliphatic carbocycles. The van der Waals surface area contributed by atoms with Gasteiger partial charge in [-0.05, 0) is 66.2 Å². The van der Waals surface area contributed by atoms with Crippen LogP contribution in [0.5, 0.6) is 5.75 Å². The normalized spacial score (nSPS) is 10.4. The number of carbonyl (C=O) groups is 3. The van der Waals surface area contributed by atoms with E-state index in [-0.39, 0.29) is 6.61 Å². The second kappa shape index (κ2) is 11.0. The molecule has 0 saturated heterocycles. The minimum Gasteiger partial charge on any atom is -0.484 e. The van der Waals surface area contributed by atoms with Crippen LogP contribution in [0.2, 0.25) is 0 Å². The Morgan fingerprint density at radius 2 is 1.47 bits per heavy atom. The van der Waals surface area contributed by atoms with Crippen LogP contribution in [0.25, 0.3) is 0 Å². The van der Waals surface area contributed by atoms with Gasteiger partial charge in [0, 0.05) is 11.4 Å². The zero-order chi connectivity index (χ0) is 22.8. The number of carbonyl (C=O) groups excluding carboxylic acids is 3. The second-order valence-electron chi connectivity index (χ2n) is 6.43. The molecule has 3 N–H and O–H groups in total. The first-order valence-electron chi connectivity index (χ1n) is 9.47. The average Bonchev–Trinajstić information content (AvgIpc) is 2.80. The Bertz CT molecular complexity index is 1100. The van der Waals surface area contributed by atoms with Crippen molar-refractivity contribution in [2.24, 2.45) is 5.10 Å². The van der Waals surface area contributed by atoms with Crippen LogP contribution in [0.15, 0.2) is 84.0 Å². The van der Waals surface area contributed by atoms with Crippen molar-refractivity contribution in [1.29, 1.82) is 0 Å². The smallest absolute Gasteiger partial charge is 0.329 e. The van der Waals surface area contributed by atoms with Crippen LogP contribution in [0.1, 0.15) is 5.56 Å². The first-order valence-corrected chi connectivity index (χ1v) is 9.47. The van der Waals surface area contributed by atoms with Crippen molar-refractivity contribution in [2.45, 2.75) is 0 Å². The number of anilines is 2. The van der Waals surface area contributed by atoms with Gasteiger partial charge >= 0.3 is 11.8 Å². The summed E-state index contributed by atoms with van der Waals surface area (Å²) < 4.78 is 18.3. The van der Waals surface area contributed by atoms with Gasteiger partial charge in [0.2, 0.25) is 0 Å². The zero-order valence-electron chi connectivity index (χ0n) is 16.7. The van der Waals surface area contributed by atoms with Gasteiger partial charge in [0.1, 0.15) is 11.6 Å². The fourth-order valence-electron chi connectivity index (χ4n) is 2.45. The van der Waals surface area contributed by atoms with Crippen molar-refractivity contribution in [3.05, 3.63) is 90.2 Å². The lowest BCUT2D eigenvalue weighted by atomic mass is 10.2. The first-order chi connectivity index (χ1) is 15.5. The van der Waals surface area contributed by atoms with E-state index in [9.17, 15) is 18.8 Å². The van der Waals surface area contributed by atoms with Crippen molar-refractivity contribution < 1.29 is 23.5 Å². The fraction of sp³-hybridized carbons (Fsp3) is 0.0435. The third kappa shape index (κ3) is 7.06. The predicted octanol–water partition coefficient (Wildman–Crippen LogP) is 2.93. The molecule has 9 heteroatoms. The van der Waals surface area contributed by atoms with Gasteiger partial charge < -0.3 is 15.4 Å². The van der Waals surface area contributed by atoms with E-state index in [0.29, 0.717) is 22.7 Å². The molecule has 0 bridgehead atoms. The number of ether oxygens (including phenoxy) is 1. The van der Waals surface area contributed by atoms with Gasteiger partial charge in [0.05, 0.1) is 6.21 Å². The quantitative estimate of drug-likeness (QED) is 0.302. The van der Waals surface area contributed by atoms with Gasteiger partial charge in [-0.1, -0.05) is 18.2 Å². The van der Waals surface area contributed by atoms with Crippen LogP contribution in [-0.2, 0) is 14.4 Å². The Kier molecular flexibility index (Phi) is 7.63. The average molecular weight is 434 g/mol. The number of nitrogens with zero attached hydrogens (tertiary/aromatic N) is 1. The Labute approximate surface area is 183 Å². The van der Waals surface area contributed by atoms with E-state index in [2.05, 4.69) is 21.2 Å². The topological polar surface area (TPSA) is 109 Å². The number of rotatable bonds is 7. The Hall–Kier alpha value is -4.53. The lowest BCUT2D eigenvalue weighted by Crippen LogP contribution is -2.32. The van der Waals surface area contributed by atoms with Gasteiger partial charge in [-0.3, -0.25) is 14.4 Å². The molecule has 3 aromatic carbocycles. The van der Waals surface area contributed by atoms with Crippen LogP contribution in [0, 0.1) is 5.82 Å². The molecular formula is C23H19FN4O4. The summed E-state index contributed by atoms with van der Waals surface area (Å²) in [4.78, 5) is 35.5. The van der Waals surface area contributed by atoms with Gasteiger partial charge in [-0.25, -0.2) is 9.82 Å². The fourth-order valence-corrected chi connectivity index (χ4v) is 2.45. The molecule has 0 unspecified atom stereocenters. The highest BCUT2D eigenvalue weighted by Crippen LogP contribution is 2.12. The maximum atomic E-state index is 12.9. The van der Waals surface area contributed by atoms with Crippen LogP contribution in [0.3, 0.4) is 0 Å². The number of hydrazone groups is 1. The van der Waals surface area contributed by atoms with Crippen LogP contribution >= 0.6 is 0 Å². The van der Waals surface area contributed by atoms with Crippen molar-refractivity contribution in [3.8, 4) is 5.75 Å². The zero-order valence-corrected chi connectivity index (χ0v) is 16.7. The van der Waals surface area contributed by atoms with Gasteiger partial charge in [-0.15, -0.1) is 0 Å². The third-order valence-electron chi connectivity index (χ3n) is 4.00. The molecule has 8 nitrogen and oxygen atoms in total. The van der Waals surface area contributed by atoms with Crippen LogP contribution in [-0.4, -0.2) is 30.5 Å². The van der Waals surface area contributed by atoms with E-state index < -0.39 is 23.5 Å². The number of para-hydroxylation sites is 1. The summed E-state index contributed by atoms with van der Waals surface area (Å²) in [6, 6.07) is 20.5. The van der Waals surface area contributed by atoms with E-state index >= 15 is 0 Å². The van der Waals surface area contributed by atoms with Crippen LogP contribution < -0.4 is 20.8 Å². The van der Waals surface area contributed by atoms with Crippen molar-refractivity contribution in [1.82, 2.24) is 5.43 Å². The van der Waals surface area contributed by atoms with E-state index in [0.717, 1.165) is 0 Å². The molecule has 3 rings (SSSR count). The maximum absolute atomic E-state index is 12.9. The SMILES string of the molecule is O=C(COc1ccc(/C=N\NC(=O)C(=O)Nc2ccccc2)cc1)Nc1ccc(F)cc1. The van der Waals surface area contributed by atoms with Gasteiger partial charge in [-0.2, -0.15) is 5.10 Å². The van der Waals surface area contributed by atoms with E-state index in [1.165, 1.54) is 30.5 Å². The van der Waals surface area contributed by atoms with E-state index in [1.54, 1.807) is 54.6 Å². The van der Waals surface area contributed by atoms with Gasteiger partial charge in [0.25, 0.3) is 5.91 Å². The molecule has 0 atom stereocenters. The molecule has 3 aromatic rings. The molecule has 32 heavy (non-hydrogen) atoms. The molecule has 0 spiro atoms. The highest BCUT2D eigenvalue weighted by molar-refractivity contribution is 6.39. The minimum absolute atomic E-state index is 0.225. The van der Waals surface area contributed by atoms with Crippen molar-refractivity contribution >= 4 is 35.3 Å². The Morgan fingerprint density at radius 1 is 0.812 bits per heavy atom. The monoisotopic (exact) mass is 434 g/mol. The van der Waals surface area contributed by atoms with Crippen LogP contribution in [0.4, 0.5) is 15.8 Å². The molecule has 0 heterocycles. The largest absolute Gasteiger partial charge is 0.484 e. The second-order valence-corrected chi connectivity index (χ2v) is 6.43. The molecule has 0 aliphatic rings. The number of halogens is 1. The number of amides is 3. The molecular weight excluding hydrogens is 415 g/mol. The summed E-state index contributed by atoms with van der Waals surface area (Å²) in [6.45, 7) is -0.225. The summed E-state index contributed by atoms with van der Waals surface area (Å²) in [7, 11) is 0. The van der Waals surface area contributed by atoms with Gasteiger partial charge in [0.15, 0.2) is 6.61 Å². The summed E-state index contributed by atoms with van der Waals surface area (Å²) in [5, 5.41) is 8.78. The summed E-state index contributed by atoms with van der Waals surface area (Å²) in [5.74, 6) is -2.08. The number of benzene rings is 3. The highest BCUT2D eigenvalue weighted by Gasteiger charge is 2.12. The van der Waals surface area contributed by atoms with Crippen molar-refractivity contribution in [3.63, 3.8) is 0 Å². The molecule has 0 fully saturated rings. The third-order valence-corrected chi connectivity index (χ3v) is 4.00. The molecule has 162 valence electrons. The van der Waals surface area contributed by atoms with E-state index in [1.807, 2.05) is 0 Å². The lowest BCUT2D eigenvalue weighted by molar-refractivity contribution is -0.136. The number of hydrogen-bond donors (Lipinski definition) is 3. The molecule has 0 radical (unpaired) electrons. The summed E-state index contributed by atoms with van der Waals surface area (Å²) in [5.41, 5.74) is 3.74. The predicted molar refractivity (Wildman–Crippen MR) is 118 cm³/mol. The molecule has 0 saturated carbocycles. The Balaban J connectivity index is 1.42. The summed E-state index contributed by atoms with van der Waals surface area (Å²) in [6.07, 6.45) is 1.36. The standard InChI is InChI=1S/C23H19FN4O4/c24-17-8-10-19(11-9-17)26-21(29)15-32-20-12-6-16(7-13-20)14-25-28-23(31)22(30)27-18-4-2-1-3-5-18/h1-14H,15H2,(H,26,29)(H,27,30)(H,28,31)/b25-14-. The lowest BCUT2D eigenvalue weighted by Gasteiger charge is -2.07. The minimum atomic E-state index is -0.905. The summed E-state index contributed by atoms with van der Waals surface area (Å²) >= 11 is 0. The first kappa shape index (κ1) is 22.2. The molecule has 3 amide bonds. The number of hydrogen-bond acceptors (Lipinski definition) is 5.